The summed E-state index contributed by atoms with van der Waals surface area (Å²) in [6, 6.07) is 4.25. The van der Waals surface area contributed by atoms with Gasteiger partial charge in [-0.25, -0.2) is 14.7 Å². The summed E-state index contributed by atoms with van der Waals surface area (Å²) in [6.45, 7) is 6.16. The Bertz CT molecular complexity index is 713. The van der Waals surface area contributed by atoms with Gasteiger partial charge in [0.15, 0.2) is 0 Å². The lowest BCUT2D eigenvalue weighted by molar-refractivity contribution is 0.0257. The van der Waals surface area contributed by atoms with Gasteiger partial charge in [-0.2, -0.15) is 5.11 Å². The van der Waals surface area contributed by atoms with Gasteiger partial charge >= 0.3 is 6.09 Å². The van der Waals surface area contributed by atoms with Crippen LogP contribution in [-0.2, 0) is 17.9 Å². The number of ether oxygens (including phenoxy) is 1. The van der Waals surface area contributed by atoms with Crippen LogP contribution in [0.2, 0.25) is 0 Å². The molecule has 0 unspecified atom stereocenters. The van der Waals surface area contributed by atoms with Gasteiger partial charge in [-0.15, -0.1) is 0 Å². The second-order valence-electron chi connectivity index (χ2n) is 7.11. The van der Waals surface area contributed by atoms with E-state index in [4.69, 9.17) is 10.3 Å². The van der Waals surface area contributed by atoms with Crippen LogP contribution in [0.25, 0.3) is 0 Å². The minimum absolute atomic E-state index is 0.191. The highest BCUT2D eigenvalue weighted by atomic mass is 19.1. The highest BCUT2D eigenvalue weighted by Crippen LogP contribution is 2.21. The van der Waals surface area contributed by atoms with E-state index in [1.165, 1.54) is 17.0 Å². The number of halogens is 1. The number of carbonyl (C=O) groups is 1. The summed E-state index contributed by atoms with van der Waals surface area (Å²) in [6.07, 6.45) is 0.0749. The normalized spacial score (nSPS) is 15.0. The number of carbonyl (C=O) groups excluding carboxylic acids is 1. The fourth-order valence-corrected chi connectivity index (χ4v) is 2.64. The minimum atomic E-state index is -0.582. The van der Waals surface area contributed by atoms with Crippen LogP contribution in [0.15, 0.2) is 34.7 Å². The van der Waals surface area contributed by atoms with Crippen molar-refractivity contribution in [1.82, 2.24) is 10.2 Å². The van der Waals surface area contributed by atoms with Crippen molar-refractivity contribution in [1.29, 1.82) is 5.53 Å². The molecule has 1 aliphatic rings. The summed E-state index contributed by atoms with van der Waals surface area (Å²) in [5.74, 6) is -0.399. The van der Waals surface area contributed by atoms with Gasteiger partial charge in [-0.3, -0.25) is 0 Å². The number of hydrogen-bond donors (Lipinski definition) is 3. The predicted octanol–water partition coefficient (Wildman–Crippen LogP) is 3.29. The first-order valence-electron chi connectivity index (χ1n) is 8.43. The van der Waals surface area contributed by atoms with Gasteiger partial charge in [0.05, 0.1) is 13.2 Å². The smallest absolute Gasteiger partial charge is 0.410 e. The second kappa shape index (κ2) is 8.27. The van der Waals surface area contributed by atoms with E-state index in [0.717, 1.165) is 11.3 Å². The largest absolute Gasteiger partial charge is 0.444 e. The van der Waals surface area contributed by atoms with Gasteiger partial charge in [0.1, 0.15) is 17.1 Å². The summed E-state index contributed by atoms with van der Waals surface area (Å²) in [5.41, 5.74) is 9.29. The molecular weight excluding hydrogens is 339 g/mol. The Kier molecular flexibility index (Phi) is 6.31. The van der Waals surface area contributed by atoms with E-state index >= 15 is 0 Å². The van der Waals surface area contributed by atoms with E-state index in [9.17, 15) is 14.3 Å². The zero-order valence-corrected chi connectivity index (χ0v) is 15.3. The van der Waals surface area contributed by atoms with Gasteiger partial charge in [-0.1, -0.05) is 6.07 Å². The molecule has 0 aliphatic carbocycles. The van der Waals surface area contributed by atoms with Gasteiger partial charge < -0.3 is 20.1 Å². The number of amides is 1. The van der Waals surface area contributed by atoms with Gasteiger partial charge in [0.25, 0.3) is 0 Å². The number of nitrogens with one attached hydrogen (secondary N) is 2. The van der Waals surface area contributed by atoms with Gasteiger partial charge in [0, 0.05) is 25.2 Å². The van der Waals surface area contributed by atoms with E-state index in [1.54, 1.807) is 26.8 Å². The maximum atomic E-state index is 13.3. The lowest BCUT2D eigenvalue weighted by Gasteiger charge is -2.31. The van der Waals surface area contributed by atoms with Crippen LogP contribution in [0.4, 0.5) is 9.18 Å². The van der Waals surface area contributed by atoms with Crippen LogP contribution in [0.5, 0.6) is 0 Å². The molecular formula is C18H25FN4O3. The van der Waals surface area contributed by atoms with E-state index in [1.807, 2.05) is 0 Å². The zero-order chi connectivity index (χ0) is 19.3. The van der Waals surface area contributed by atoms with Gasteiger partial charge in [0.2, 0.25) is 0 Å². The fourth-order valence-electron chi connectivity index (χ4n) is 2.64. The molecule has 1 aliphatic heterocycles. The van der Waals surface area contributed by atoms with Crippen molar-refractivity contribution in [3.05, 3.63) is 46.5 Å². The van der Waals surface area contributed by atoms with Crippen molar-refractivity contribution in [2.75, 3.05) is 13.1 Å². The molecule has 0 spiro atoms. The Labute approximate surface area is 152 Å². The average Bonchev–Trinajstić information content (AvgIpc) is 2.58. The van der Waals surface area contributed by atoms with Crippen LogP contribution >= 0.6 is 0 Å². The number of benzene rings is 1. The standard InChI is InChI=1S/C18H25FN4O3/c1-18(2,3)26-17(25)23-7-6-15(16(10-23)22-20)21-9-12-4-5-14(19)8-13(12)11-24/h4-5,8,20-21,24H,6-7,9-11H2,1-3H3. The number of aliphatic hydroxyl groups excluding tert-OH is 1. The Morgan fingerprint density at radius 3 is 2.77 bits per heavy atom. The molecule has 3 N–H and O–H groups in total. The van der Waals surface area contributed by atoms with Crippen LogP contribution in [0, 0.1) is 11.3 Å². The summed E-state index contributed by atoms with van der Waals surface area (Å²) < 4.78 is 18.6. The molecule has 0 fully saturated rings. The van der Waals surface area contributed by atoms with Crippen LogP contribution in [0.3, 0.4) is 0 Å². The van der Waals surface area contributed by atoms with Crippen molar-refractivity contribution < 1.29 is 19.0 Å². The highest BCUT2D eigenvalue weighted by molar-refractivity contribution is 5.68. The maximum absolute atomic E-state index is 13.3. The molecule has 0 saturated carbocycles. The molecule has 1 aromatic carbocycles. The van der Waals surface area contributed by atoms with Crippen molar-refractivity contribution in [2.45, 2.75) is 45.9 Å². The van der Waals surface area contributed by atoms with E-state index in [0.29, 0.717) is 30.8 Å². The lowest BCUT2D eigenvalue weighted by atomic mass is 10.1. The molecule has 0 saturated heterocycles. The van der Waals surface area contributed by atoms with Crippen molar-refractivity contribution in [2.24, 2.45) is 5.11 Å². The van der Waals surface area contributed by atoms with Crippen molar-refractivity contribution in [3.8, 4) is 0 Å². The Morgan fingerprint density at radius 1 is 1.42 bits per heavy atom. The van der Waals surface area contributed by atoms with Crippen LogP contribution in [0.1, 0.15) is 38.3 Å². The molecule has 7 nitrogen and oxygen atoms in total. The predicted molar refractivity (Wildman–Crippen MR) is 93.8 cm³/mol. The molecule has 8 heteroatoms. The summed E-state index contributed by atoms with van der Waals surface area (Å²) >= 11 is 0. The van der Waals surface area contributed by atoms with Crippen molar-refractivity contribution in [3.63, 3.8) is 0 Å². The van der Waals surface area contributed by atoms with E-state index in [2.05, 4.69) is 10.4 Å². The first-order chi connectivity index (χ1) is 12.2. The fraction of sp³-hybridized carbons (Fsp3) is 0.500. The molecule has 0 aromatic heterocycles. The third-order valence-electron chi connectivity index (χ3n) is 3.94. The quantitative estimate of drug-likeness (QED) is 0.698. The average molecular weight is 364 g/mol. The second-order valence-corrected chi connectivity index (χ2v) is 7.11. The summed E-state index contributed by atoms with van der Waals surface area (Å²) in [5, 5.41) is 16.1. The monoisotopic (exact) mass is 364 g/mol. The molecule has 26 heavy (non-hydrogen) atoms. The first-order valence-corrected chi connectivity index (χ1v) is 8.43. The molecule has 1 aromatic rings. The minimum Gasteiger partial charge on any atom is -0.444 e. The summed E-state index contributed by atoms with van der Waals surface area (Å²) in [7, 11) is 0. The first kappa shape index (κ1) is 19.8. The SMILES string of the molecule is CC(C)(C)OC(=O)N1CCC(NCc2ccc(F)cc2CO)=C(N=N)C1. The molecule has 142 valence electrons. The third kappa shape index (κ3) is 5.26. The molecule has 1 heterocycles. The Balaban J connectivity index is 2.05. The number of aliphatic hydroxyl groups is 1. The molecule has 0 bridgehead atoms. The van der Waals surface area contributed by atoms with E-state index < -0.39 is 17.5 Å². The van der Waals surface area contributed by atoms with Crippen LogP contribution < -0.4 is 5.32 Å². The van der Waals surface area contributed by atoms with Crippen molar-refractivity contribution >= 4 is 6.09 Å². The third-order valence-corrected chi connectivity index (χ3v) is 3.94. The topological polar surface area (TPSA) is 98.0 Å². The molecule has 1 amide bonds. The number of nitrogens with zero attached hydrogens (tertiary/aromatic N) is 2. The molecule has 0 radical (unpaired) electrons. The maximum Gasteiger partial charge on any atom is 0.410 e. The number of rotatable bonds is 5. The summed E-state index contributed by atoms with van der Waals surface area (Å²) in [4.78, 5) is 13.7. The number of hydrogen-bond acceptors (Lipinski definition) is 6. The Morgan fingerprint density at radius 2 is 2.15 bits per heavy atom. The lowest BCUT2D eigenvalue weighted by Crippen LogP contribution is -2.41. The molecule has 2 rings (SSSR count). The van der Waals surface area contributed by atoms with Gasteiger partial charge in [-0.05, 0) is 44.0 Å². The Hall–Kier alpha value is -2.48. The van der Waals surface area contributed by atoms with E-state index in [-0.39, 0.29) is 13.2 Å². The van der Waals surface area contributed by atoms with Crippen LogP contribution in [-0.4, -0.2) is 34.8 Å². The highest BCUT2D eigenvalue weighted by Gasteiger charge is 2.27. The zero-order valence-electron chi connectivity index (χ0n) is 15.3. The molecule has 0 atom stereocenters.